The van der Waals surface area contributed by atoms with Crippen molar-refractivity contribution in [2.45, 2.75) is 12.8 Å². The molecule has 3 heteroatoms. The maximum absolute atomic E-state index is 10.6. The minimum Gasteiger partial charge on any atom is -0.370 e. The molecule has 1 heterocycles. The van der Waals surface area contributed by atoms with E-state index in [9.17, 15) is 4.79 Å². The number of rotatable bonds is 3. The van der Waals surface area contributed by atoms with Gasteiger partial charge in [0, 0.05) is 18.0 Å². The fourth-order valence-corrected chi connectivity index (χ4v) is 1.52. The van der Waals surface area contributed by atoms with Gasteiger partial charge in [0.1, 0.15) is 0 Å². The van der Waals surface area contributed by atoms with Gasteiger partial charge in [-0.05, 0) is 24.1 Å². The van der Waals surface area contributed by atoms with E-state index in [1.807, 2.05) is 30.3 Å². The predicted molar refractivity (Wildman–Crippen MR) is 59.3 cm³/mol. The first kappa shape index (κ1) is 9.65. The van der Waals surface area contributed by atoms with Crippen molar-refractivity contribution in [3.8, 4) is 0 Å². The van der Waals surface area contributed by atoms with Crippen LogP contribution in [0.3, 0.4) is 0 Å². The number of fused-ring (bicyclic) bond motifs is 1. The number of para-hydroxylation sites is 1. The minimum atomic E-state index is -0.275. The van der Waals surface area contributed by atoms with Crippen LogP contribution in [0.1, 0.15) is 12.0 Å². The van der Waals surface area contributed by atoms with Gasteiger partial charge in [-0.15, -0.1) is 0 Å². The van der Waals surface area contributed by atoms with Crippen LogP contribution in [-0.2, 0) is 11.2 Å². The van der Waals surface area contributed by atoms with Crippen molar-refractivity contribution in [3.05, 3.63) is 42.1 Å². The number of aromatic nitrogens is 1. The molecule has 0 aliphatic rings. The molecule has 0 radical (unpaired) electrons. The first-order valence-electron chi connectivity index (χ1n) is 4.88. The molecule has 0 bridgehead atoms. The normalized spacial score (nSPS) is 10.4. The van der Waals surface area contributed by atoms with Gasteiger partial charge in [-0.3, -0.25) is 9.78 Å². The van der Waals surface area contributed by atoms with Crippen molar-refractivity contribution in [3.63, 3.8) is 0 Å². The Morgan fingerprint density at radius 3 is 2.93 bits per heavy atom. The highest BCUT2D eigenvalue weighted by atomic mass is 16.1. The van der Waals surface area contributed by atoms with Crippen LogP contribution in [0, 0.1) is 0 Å². The highest BCUT2D eigenvalue weighted by Gasteiger charge is 1.99. The standard InChI is InChI=1S/C12H12N2O/c13-12(15)6-5-9-7-10-3-1-2-4-11(10)14-8-9/h1-4,7-8H,5-6H2,(H2,13,15). The van der Waals surface area contributed by atoms with Crippen LogP contribution in [0.15, 0.2) is 36.5 Å². The average Bonchev–Trinajstić information content (AvgIpc) is 2.26. The van der Waals surface area contributed by atoms with E-state index in [4.69, 9.17) is 5.73 Å². The molecule has 0 atom stereocenters. The second-order valence-corrected chi connectivity index (χ2v) is 3.50. The molecular formula is C12H12N2O. The van der Waals surface area contributed by atoms with E-state index in [0.29, 0.717) is 12.8 Å². The number of nitrogens with two attached hydrogens (primary N) is 1. The Hall–Kier alpha value is -1.90. The number of primary amides is 1. The summed E-state index contributed by atoms with van der Waals surface area (Å²) in [5, 5.41) is 1.10. The molecule has 0 saturated carbocycles. The Morgan fingerprint density at radius 2 is 2.13 bits per heavy atom. The van der Waals surface area contributed by atoms with Gasteiger partial charge in [0.15, 0.2) is 0 Å². The maximum Gasteiger partial charge on any atom is 0.217 e. The molecule has 1 aromatic carbocycles. The molecule has 0 fully saturated rings. The lowest BCUT2D eigenvalue weighted by atomic mass is 10.1. The molecule has 2 N–H and O–H groups in total. The van der Waals surface area contributed by atoms with Crippen molar-refractivity contribution in [2.75, 3.05) is 0 Å². The summed E-state index contributed by atoms with van der Waals surface area (Å²) >= 11 is 0. The minimum absolute atomic E-state index is 0.275. The second-order valence-electron chi connectivity index (χ2n) is 3.50. The van der Waals surface area contributed by atoms with Gasteiger partial charge in [0.25, 0.3) is 0 Å². The molecule has 0 saturated heterocycles. The van der Waals surface area contributed by atoms with Crippen LogP contribution in [0.5, 0.6) is 0 Å². The summed E-state index contributed by atoms with van der Waals surface area (Å²) in [5.74, 6) is -0.275. The number of hydrogen-bond donors (Lipinski definition) is 1. The van der Waals surface area contributed by atoms with Crippen molar-refractivity contribution >= 4 is 16.8 Å². The van der Waals surface area contributed by atoms with Crippen LogP contribution in [0.25, 0.3) is 10.9 Å². The van der Waals surface area contributed by atoms with Gasteiger partial charge < -0.3 is 5.73 Å². The van der Waals surface area contributed by atoms with Crippen LogP contribution < -0.4 is 5.73 Å². The van der Waals surface area contributed by atoms with E-state index in [0.717, 1.165) is 16.5 Å². The summed E-state index contributed by atoms with van der Waals surface area (Å²) in [6.07, 6.45) is 2.83. The Bertz CT molecular complexity index is 494. The van der Waals surface area contributed by atoms with Gasteiger partial charge in [-0.1, -0.05) is 18.2 Å². The van der Waals surface area contributed by atoms with Crippen molar-refractivity contribution in [1.82, 2.24) is 4.98 Å². The molecule has 0 unspecified atom stereocenters. The Labute approximate surface area is 87.9 Å². The smallest absolute Gasteiger partial charge is 0.217 e. The van der Waals surface area contributed by atoms with E-state index >= 15 is 0 Å². The summed E-state index contributed by atoms with van der Waals surface area (Å²) in [4.78, 5) is 14.9. The zero-order chi connectivity index (χ0) is 10.7. The third-order valence-electron chi connectivity index (χ3n) is 2.31. The first-order chi connectivity index (χ1) is 7.25. The number of aryl methyl sites for hydroxylation is 1. The highest BCUT2D eigenvalue weighted by molar-refractivity contribution is 5.79. The molecule has 2 aromatic rings. The van der Waals surface area contributed by atoms with Gasteiger partial charge in [-0.25, -0.2) is 0 Å². The van der Waals surface area contributed by atoms with Crippen LogP contribution in [0.4, 0.5) is 0 Å². The van der Waals surface area contributed by atoms with Gasteiger partial charge >= 0.3 is 0 Å². The van der Waals surface area contributed by atoms with Gasteiger partial charge in [0.05, 0.1) is 5.52 Å². The van der Waals surface area contributed by atoms with Crippen molar-refractivity contribution < 1.29 is 4.79 Å². The molecule has 3 nitrogen and oxygen atoms in total. The van der Waals surface area contributed by atoms with Crippen molar-refractivity contribution in [2.24, 2.45) is 5.73 Å². The number of carbonyl (C=O) groups is 1. The van der Waals surface area contributed by atoms with Crippen LogP contribution >= 0.6 is 0 Å². The summed E-state index contributed by atoms with van der Waals surface area (Å²) in [5.41, 5.74) is 7.11. The maximum atomic E-state index is 10.6. The van der Waals surface area contributed by atoms with E-state index in [1.54, 1.807) is 6.20 Å². The van der Waals surface area contributed by atoms with Crippen LogP contribution in [-0.4, -0.2) is 10.9 Å². The fraction of sp³-hybridized carbons (Fsp3) is 0.167. The Morgan fingerprint density at radius 1 is 1.33 bits per heavy atom. The second kappa shape index (κ2) is 4.09. The van der Waals surface area contributed by atoms with E-state index < -0.39 is 0 Å². The molecule has 0 aliphatic heterocycles. The molecular weight excluding hydrogens is 188 g/mol. The molecule has 0 aliphatic carbocycles. The molecule has 15 heavy (non-hydrogen) atoms. The third kappa shape index (κ3) is 2.31. The fourth-order valence-electron chi connectivity index (χ4n) is 1.52. The lowest BCUT2D eigenvalue weighted by Crippen LogP contribution is -2.11. The molecule has 76 valence electrons. The lowest BCUT2D eigenvalue weighted by molar-refractivity contribution is -0.117. The summed E-state index contributed by atoms with van der Waals surface area (Å²) in [6, 6.07) is 9.95. The molecule has 1 aromatic heterocycles. The molecule has 2 rings (SSSR count). The highest BCUT2D eigenvalue weighted by Crippen LogP contribution is 2.13. The molecule has 0 spiro atoms. The largest absolute Gasteiger partial charge is 0.370 e. The van der Waals surface area contributed by atoms with Gasteiger partial charge in [-0.2, -0.15) is 0 Å². The quantitative estimate of drug-likeness (QED) is 0.819. The number of pyridine rings is 1. The topological polar surface area (TPSA) is 56.0 Å². The number of nitrogens with zero attached hydrogens (tertiary/aromatic N) is 1. The number of hydrogen-bond acceptors (Lipinski definition) is 2. The number of carbonyl (C=O) groups excluding carboxylic acids is 1. The summed E-state index contributed by atoms with van der Waals surface area (Å²) in [6.45, 7) is 0. The summed E-state index contributed by atoms with van der Waals surface area (Å²) in [7, 11) is 0. The van der Waals surface area contributed by atoms with E-state index in [2.05, 4.69) is 4.98 Å². The van der Waals surface area contributed by atoms with E-state index in [1.165, 1.54) is 0 Å². The van der Waals surface area contributed by atoms with Crippen LogP contribution in [0.2, 0.25) is 0 Å². The van der Waals surface area contributed by atoms with E-state index in [-0.39, 0.29) is 5.91 Å². The predicted octanol–water partition coefficient (Wildman–Crippen LogP) is 1.65. The van der Waals surface area contributed by atoms with Gasteiger partial charge in [0.2, 0.25) is 5.91 Å². The monoisotopic (exact) mass is 200 g/mol. The Balaban J connectivity index is 2.26. The lowest BCUT2D eigenvalue weighted by Gasteiger charge is -2.01. The number of amides is 1. The third-order valence-corrected chi connectivity index (χ3v) is 2.31. The summed E-state index contributed by atoms with van der Waals surface area (Å²) < 4.78 is 0. The first-order valence-corrected chi connectivity index (χ1v) is 4.88. The SMILES string of the molecule is NC(=O)CCc1cnc2ccccc2c1. The number of benzene rings is 1. The van der Waals surface area contributed by atoms with Crippen molar-refractivity contribution in [1.29, 1.82) is 0 Å². The zero-order valence-electron chi connectivity index (χ0n) is 8.31. The average molecular weight is 200 g/mol. The Kier molecular flexibility index (Phi) is 2.63. The molecule has 1 amide bonds. The zero-order valence-corrected chi connectivity index (χ0v) is 8.31.